The minimum absolute atomic E-state index is 0.0441. The summed E-state index contributed by atoms with van der Waals surface area (Å²) in [4.78, 5) is 21.4. The summed E-state index contributed by atoms with van der Waals surface area (Å²) in [6, 6.07) is 9.16. The number of aliphatic carboxylic acids is 1. The first kappa shape index (κ1) is 34.3. The molecule has 2 atom stereocenters. The highest BCUT2D eigenvalue weighted by Gasteiger charge is 2.46. The van der Waals surface area contributed by atoms with Gasteiger partial charge in [-0.25, -0.2) is 4.68 Å². The zero-order valence-corrected chi connectivity index (χ0v) is 26.6. The lowest BCUT2D eigenvalue weighted by molar-refractivity contribution is -0.198. The van der Waals surface area contributed by atoms with Gasteiger partial charge < -0.3 is 25.8 Å². The van der Waals surface area contributed by atoms with Gasteiger partial charge in [0, 0.05) is 37.5 Å². The van der Waals surface area contributed by atoms with Crippen LogP contribution in [0.1, 0.15) is 42.2 Å². The fraction of sp³-hybridized carbons (Fsp3) is 0.375. The van der Waals surface area contributed by atoms with E-state index in [1.54, 1.807) is 13.0 Å². The lowest BCUT2D eigenvalue weighted by Crippen LogP contribution is -2.41. The van der Waals surface area contributed by atoms with E-state index in [-0.39, 0.29) is 39.6 Å². The van der Waals surface area contributed by atoms with Gasteiger partial charge in [-0.1, -0.05) is 29.8 Å². The number of benzene rings is 2. The van der Waals surface area contributed by atoms with Gasteiger partial charge in [0.25, 0.3) is 0 Å². The summed E-state index contributed by atoms with van der Waals surface area (Å²) < 4.78 is 91.2. The molecule has 2 aliphatic heterocycles. The van der Waals surface area contributed by atoms with Gasteiger partial charge >= 0.3 is 18.3 Å². The molecule has 4 N–H and O–H groups in total. The van der Waals surface area contributed by atoms with Gasteiger partial charge in [0.15, 0.2) is 0 Å². The first-order chi connectivity index (χ1) is 23.0. The molecule has 2 saturated heterocycles. The van der Waals surface area contributed by atoms with Crippen LogP contribution in [0.25, 0.3) is 16.8 Å². The Labute approximate surface area is 280 Å². The van der Waals surface area contributed by atoms with Crippen LogP contribution in [0.15, 0.2) is 54.7 Å². The van der Waals surface area contributed by atoms with Gasteiger partial charge in [0.2, 0.25) is 17.9 Å². The number of piperidine rings is 1. The number of carboxylic acids is 1. The second kappa shape index (κ2) is 12.7. The van der Waals surface area contributed by atoms with E-state index in [0.29, 0.717) is 44.6 Å². The van der Waals surface area contributed by atoms with Crippen molar-refractivity contribution in [1.29, 1.82) is 0 Å². The average Bonchev–Trinajstić information content (AvgIpc) is 3.65. The molecule has 4 heterocycles. The van der Waals surface area contributed by atoms with Crippen LogP contribution in [0.5, 0.6) is 5.88 Å². The van der Waals surface area contributed by atoms with Crippen LogP contribution < -0.4 is 20.7 Å². The highest BCUT2D eigenvalue weighted by molar-refractivity contribution is 6.31. The molecule has 49 heavy (non-hydrogen) atoms. The molecule has 10 nitrogen and oxygen atoms in total. The Morgan fingerprint density at radius 1 is 1.06 bits per heavy atom. The number of aromatic nitrogens is 4. The van der Waals surface area contributed by atoms with Crippen molar-refractivity contribution >= 4 is 29.3 Å². The number of nitrogen functional groups attached to an aromatic ring is 1. The summed E-state index contributed by atoms with van der Waals surface area (Å²) in [7, 11) is 0. The number of carbonyl (C=O) groups is 1. The van der Waals surface area contributed by atoms with E-state index in [1.165, 1.54) is 41.2 Å². The van der Waals surface area contributed by atoms with Crippen molar-refractivity contribution in [2.24, 2.45) is 5.41 Å². The third kappa shape index (κ3) is 7.25. The Bertz CT molecular complexity index is 1870. The van der Waals surface area contributed by atoms with E-state index >= 15 is 0 Å². The molecule has 0 saturated carbocycles. The van der Waals surface area contributed by atoms with Crippen molar-refractivity contribution in [3.8, 4) is 22.7 Å². The van der Waals surface area contributed by atoms with Gasteiger partial charge in [-0.05, 0) is 67.0 Å². The summed E-state index contributed by atoms with van der Waals surface area (Å²) in [6.45, 7) is 3.12. The van der Waals surface area contributed by atoms with E-state index in [4.69, 9.17) is 22.1 Å². The molecule has 17 heteroatoms. The molecule has 0 unspecified atom stereocenters. The maximum atomic E-state index is 14.8. The number of halogens is 7. The summed E-state index contributed by atoms with van der Waals surface area (Å²) in [6.07, 6.45) is -9.02. The highest BCUT2D eigenvalue weighted by atomic mass is 35.5. The number of hydrogen-bond donors (Lipinski definition) is 3. The molecule has 4 aromatic rings. The van der Waals surface area contributed by atoms with E-state index in [1.807, 2.05) is 4.90 Å². The van der Waals surface area contributed by atoms with Crippen molar-refractivity contribution in [1.82, 2.24) is 25.1 Å². The number of hydrogen-bond acceptors (Lipinski definition) is 8. The molecular weight excluding hydrogens is 680 g/mol. The number of rotatable bonds is 7. The van der Waals surface area contributed by atoms with Crippen molar-refractivity contribution in [2.45, 2.75) is 50.7 Å². The largest absolute Gasteiger partial charge is 0.480 e. The normalized spacial score (nSPS) is 18.5. The van der Waals surface area contributed by atoms with Gasteiger partial charge in [0.05, 0.1) is 22.0 Å². The van der Waals surface area contributed by atoms with Crippen LogP contribution in [0, 0.1) is 12.3 Å². The summed E-state index contributed by atoms with van der Waals surface area (Å²) in [5.41, 5.74) is 5.31. The fourth-order valence-corrected chi connectivity index (χ4v) is 6.67. The van der Waals surface area contributed by atoms with Crippen LogP contribution in [0.2, 0.25) is 5.02 Å². The number of ether oxygens (including phenoxy) is 1. The predicted octanol–water partition coefficient (Wildman–Crippen LogP) is 6.61. The lowest BCUT2D eigenvalue weighted by Gasteiger charge is -2.39. The third-order valence-corrected chi connectivity index (χ3v) is 9.25. The monoisotopic (exact) mass is 709 g/mol. The average molecular weight is 710 g/mol. The molecule has 0 bridgehead atoms. The molecule has 2 aromatic heterocycles. The first-order valence-corrected chi connectivity index (χ1v) is 15.5. The van der Waals surface area contributed by atoms with E-state index in [9.17, 15) is 36.2 Å². The predicted molar refractivity (Wildman–Crippen MR) is 168 cm³/mol. The zero-order chi connectivity index (χ0) is 35.3. The van der Waals surface area contributed by atoms with Crippen LogP contribution >= 0.6 is 11.6 Å². The molecular formula is C32H30ClF6N7O3. The van der Waals surface area contributed by atoms with Gasteiger partial charge in [-0.2, -0.15) is 41.4 Å². The third-order valence-electron chi connectivity index (χ3n) is 8.94. The quantitative estimate of drug-likeness (QED) is 0.182. The molecule has 0 radical (unpaired) electrons. The van der Waals surface area contributed by atoms with Gasteiger partial charge in [-0.15, -0.1) is 0 Å². The summed E-state index contributed by atoms with van der Waals surface area (Å²) >= 11 is 5.93. The minimum Gasteiger partial charge on any atom is -0.480 e. The Kier molecular flexibility index (Phi) is 8.90. The molecule has 6 rings (SSSR count). The Balaban J connectivity index is 1.32. The number of aryl methyl sites for hydroxylation is 1. The van der Waals surface area contributed by atoms with E-state index in [2.05, 4.69) is 20.4 Å². The van der Waals surface area contributed by atoms with Crippen molar-refractivity contribution in [3.63, 3.8) is 0 Å². The number of carboxylic acid groups (broad SMARTS) is 1. The molecule has 0 amide bonds. The number of nitrogens with two attached hydrogens (primary N) is 1. The fourth-order valence-electron chi connectivity index (χ4n) is 6.38. The van der Waals surface area contributed by atoms with Crippen molar-refractivity contribution in [2.75, 3.05) is 30.3 Å². The van der Waals surface area contributed by atoms with Crippen molar-refractivity contribution < 1.29 is 41.0 Å². The molecule has 2 aromatic carbocycles. The number of nitrogens with zero attached hydrogens (tertiary/aromatic N) is 5. The van der Waals surface area contributed by atoms with Crippen LogP contribution in [0.3, 0.4) is 0 Å². The van der Waals surface area contributed by atoms with E-state index in [0.717, 1.165) is 12.1 Å². The molecule has 1 spiro atoms. The Morgan fingerprint density at radius 3 is 2.35 bits per heavy atom. The maximum Gasteiger partial charge on any atom is 0.429 e. The number of alkyl halides is 6. The first-order valence-electron chi connectivity index (χ1n) is 15.1. The number of nitrogens with one attached hydrogen (secondary N) is 1. The number of anilines is 2. The van der Waals surface area contributed by atoms with Gasteiger partial charge in [-0.3, -0.25) is 4.79 Å². The second-order valence-corrected chi connectivity index (χ2v) is 12.7. The SMILES string of the molecule is Cc1ccn(-c2cc(-c3ccc(C(F)(F)F)c(Cl)c3)ccc2[C@@H](Oc2cc(N3CCC4(CC3)CN[C@H](C(=O)O)C4)nc(N)n2)C(F)(F)F)n1. The standard InChI is InChI=1S/C32H30ClF6N7O3/c1-17-6-9-46(44-17)24-13-19(18-3-5-21(22(33)12-18)31(34,35)36)2-4-20(24)27(32(37,38)39)49-26-14-25(42-29(40)43-26)45-10-7-30(8-11-45)15-23(28(47)48)41-16-30/h2-6,9,12-14,23,27,41H,7-8,10-11,15-16H2,1H3,(H,47,48)(H2,40,42,43)/t23-,27+/m0/s1. The topological polar surface area (TPSA) is 131 Å². The molecule has 260 valence electrons. The summed E-state index contributed by atoms with van der Waals surface area (Å²) in [5, 5.41) is 16.1. The summed E-state index contributed by atoms with van der Waals surface area (Å²) in [5.74, 6) is -1.38. The molecule has 2 fully saturated rings. The smallest absolute Gasteiger partial charge is 0.429 e. The van der Waals surface area contributed by atoms with Crippen LogP contribution in [-0.4, -0.2) is 62.7 Å². The van der Waals surface area contributed by atoms with E-state index < -0.39 is 46.9 Å². The van der Waals surface area contributed by atoms with Crippen LogP contribution in [0.4, 0.5) is 38.1 Å². The molecule has 0 aliphatic carbocycles. The Morgan fingerprint density at radius 2 is 1.76 bits per heavy atom. The zero-order valence-electron chi connectivity index (χ0n) is 25.8. The highest BCUT2D eigenvalue weighted by Crippen LogP contribution is 2.43. The van der Waals surface area contributed by atoms with Crippen molar-refractivity contribution in [3.05, 3.63) is 76.6 Å². The minimum atomic E-state index is -4.97. The van der Waals surface area contributed by atoms with Gasteiger partial charge in [0.1, 0.15) is 11.9 Å². The molecule has 2 aliphatic rings. The lowest BCUT2D eigenvalue weighted by atomic mass is 9.76. The van der Waals surface area contributed by atoms with Crippen LogP contribution in [-0.2, 0) is 11.0 Å². The Hall–Kier alpha value is -4.57. The maximum absolute atomic E-state index is 14.8. The second-order valence-electron chi connectivity index (χ2n) is 12.3.